The van der Waals surface area contributed by atoms with E-state index in [2.05, 4.69) is 42.3 Å². The predicted molar refractivity (Wildman–Crippen MR) is 74.6 cm³/mol. The second-order valence-electron chi connectivity index (χ2n) is 4.84. The Hall–Kier alpha value is -1.75. The lowest BCUT2D eigenvalue weighted by atomic mass is 9.83. The molecule has 0 bridgehead atoms. The summed E-state index contributed by atoms with van der Waals surface area (Å²) in [6.07, 6.45) is 9.57. The van der Waals surface area contributed by atoms with Crippen LogP contribution in [0.5, 0.6) is 0 Å². The fraction of sp³-hybridized carbons (Fsp3) is 0.438. The third-order valence-corrected chi connectivity index (χ3v) is 3.39. The van der Waals surface area contributed by atoms with Gasteiger partial charge in [0.1, 0.15) is 0 Å². The van der Waals surface area contributed by atoms with Gasteiger partial charge in [-0.15, -0.1) is 6.42 Å². The van der Waals surface area contributed by atoms with Gasteiger partial charge in [0, 0.05) is 0 Å². The summed E-state index contributed by atoms with van der Waals surface area (Å²) in [6.45, 7) is 2.38. The number of hydrogen-bond acceptors (Lipinski definition) is 2. The van der Waals surface area contributed by atoms with Crippen molar-refractivity contribution < 1.29 is 4.84 Å². The van der Waals surface area contributed by atoms with E-state index >= 15 is 0 Å². The zero-order valence-electron chi connectivity index (χ0n) is 10.9. The number of nitrogens with zero attached hydrogens (tertiary/aromatic N) is 1. The minimum absolute atomic E-state index is 0.263. The molecule has 0 saturated heterocycles. The first-order chi connectivity index (χ1) is 8.79. The highest BCUT2D eigenvalue weighted by Gasteiger charge is 2.20. The van der Waals surface area contributed by atoms with Gasteiger partial charge in [0.05, 0.1) is 5.71 Å². The SMILES string of the molecule is C#CCON=C1CCCC(c2ccc(C)cc2)C1. The fourth-order valence-electron chi connectivity index (χ4n) is 2.41. The van der Waals surface area contributed by atoms with Crippen molar-refractivity contribution in [3.8, 4) is 12.3 Å². The van der Waals surface area contributed by atoms with Gasteiger partial charge < -0.3 is 4.84 Å². The molecule has 1 unspecified atom stereocenters. The van der Waals surface area contributed by atoms with Crippen molar-refractivity contribution in [2.24, 2.45) is 5.16 Å². The first-order valence-corrected chi connectivity index (χ1v) is 6.47. The fourth-order valence-corrected chi connectivity index (χ4v) is 2.41. The molecule has 1 fully saturated rings. The van der Waals surface area contributed by atoms with E-state index in [0.29, 0.717) is 5.92 Å². The minimum atomic E-state index is 0.263. The molecule has 0 amide bonds. The van der Waals surface area contributed by atoms with Crippen molar-refractivity contribution in [3.05, 3.63) is 35.4 Å². The first-order valence-electron chi connectivity index (χ1n) is 6.47. The molecule has 0 aliphatic heterocycles. The molecule has 0 spiro atoms. The normalized spacial score (nSPS) is 21.6. The molecule has 1 aromatic rings. The maximum absolute atomic E-state index is 5.13. The monoisotopic (exact) mass is 241 g/mol. The second-order valence-corrected chi connectivity index (χ2v) is 4.84. The molecule has 2 rings (SSSR count). The quantitative estimate of drug-likeness (QED) is 0.449. The summed E-state index contributed by atoms with van der Waals surface area (Å²) in [7, 11) is 0. The van der Waals surface area contributed by atoms with E-state index in [1.54, 1.807) is 0 Å². The van der Waals surface area contributed by atoms with Crippen molar-refractivity contribution in [2.75, 3.05) is 6.61 Å². The lowest BCUT2D eigenvalue weighted by molar-refractivity contribution is 0.177. The first kappa shape index (κ1) is 12.7. The molecule has 0 N–H and O–H groups in total. The summed E-state index contributed by atoms with van der Waals surface area (Å²) >= 11 is 0. The Morgan fingerprint density at radius 2 is 2.17 bits per heavy atom. The third kappa shape index (κ3) is 3.37. The van der Waals surface area contributed by atoms with Crippen LogP contribution in [-0.4, -0.2) is 12.3 Å². The van der Waals surface area contributed by atoms with Crippen LogP contribution in [0.3, 0.4) is 0 Å². The molecule has 1 saturated carbocycles. The lowest BCUT2D eigenvalue weighted by Crippen LogP contribution is -2.14. The Morgan fingerprint density at radius 3 is 2.89 bits per heavy atom. The van der Waals surface area contributed by atoms with Gasteiger partial charge >= 0.3 is 0 Å². The van der Waals surface area contributed by atoms with Gasteiger partial charge in [-0.25, -0.2) is 0 Å². The number of rotatable bonds is 3. The number of benzene rings is 1. The molecule has 0 heterocycles. The van der Waals surface area contributed by atoms with E-state index < -0.39 is 0 Å². The zero-order chi connectivity index (χ0) is 12.8. The summed E-state index contributed by atoms with van der Waals surface area (Å²) in [5.74, 6) is 3.00. The van der Waals surface area contributed by atoms with E-state index in [0.717, 1.165) is 18.6 Å². The largest absolute Gasteiger partial charge is 0.383 e. The van der Waals surface area contributed by atoms with Gasteiger partial charge in [-0.05, 0) is 44.1 Å². The van der Waals surface area contributed by atoms with E-state index in [1.165, 1.54) is 24.0 Å². The number of aryl methyl sites for hydroxylation is 1. The molecule has 1 aliphatic carbocycles. The Kier molecular flexibility index (Phi) is 4.41. The van der Waals surface area contributed by atoms with Crippen LogP contribution in [0.1, 0.15) is 42.7 Å². The minimum Gasteiger partial charge on any atom is -0.383 e. The molecular formula is C16H19NO. The Balaban J connectivity index is 2.00. The molecule has 2 heteroatoms. The van der Waals surface area contributed by atoms with E-state index in [9.17, 15) is 0 Å². The summed E-state index contributed by atoms with van der Waals surface area (Å²) in [5, 5.41) is 4.14. The lowest BCUT2D eigenvalue weighted by Gasteiger charge is -2.23. The number of hydrogen-bond donors (Lipinski definition) is 0. The van der Waals surface area contributed by atoms with Crippen LogP contribution in [0, 0.1) is 19.3 Å². The van der Waals surface area contributed by atoms with Crippen molar-refractivity contribution in [1.29, 1.82) is 0 Å². The molecular weight excluding hydrogens is 222 g/mol. The summed E-state index contributed by atoms with van der Waals surface area (Å²) in [4.78, 5) is 5.08. The van der Waals surface area contributed by atoms with Crippen LogP contribution in [0.15, 0.2) is 29.4 Å². The highest BCUT2D eigenvalue weighted by atomic mass is 16.6. The van der Waals surface area contributed by atoms with Crippen molar-refractivity contribution >= 4 is 5.71 Å². The van der Waals surface area contributed by atoms with Gasteiger partial charge in [0.25, 0.3) is 0 Å². The average molecular weight is 241 g/mol. The molecule has 2 nitrogen and oxygen atoms in total. The molecule has 1 atom stereocenters. The summed E-state index contributed by atoms with van der Waals surface area (Å²) in [6, 6.07) is 8.81. The molecule has 1 aliphatic rings. The van der Waals surface area contributed by atoms with Gasteiger partial charge in [-0.1, -0.05) is 40.9 Å². The standard InChI is InChI=1S/C16H19NO/c1-3-11-18-17-16-6-4-5-15(12-16)14-9-7-13(2)8-10-14/h1,7-10,15H,4-6,11-12H2,2H3. The van der Waals surface area contributed by atoms with Crippen molar-refractivity contribution in [1.82, 2.24) is 0 Å². The van der Waals surface area contributed by atoms with Crippen LogP contribution in [0.25, 0.3) is 0 Å². The van der Waals surface area contributed by atoms with E-state index in [4.69, 9.17) is 11.3 Å². The summed E-state index contributed by atoms with van der Waals surface area (Å²) < 4.78 is 0. The Bertz CT molecular complexity index is 453. The van der Waals surface area contributed by atoms with Crippen LogP contribution in [0.4, 0.5) is 0 Å². The van der Waals surface area contributed by atoms with Gasteiger partial charge in [0.15, 0.2) is 6.61 Å². The van der Waals surface area contributed by atoms with Crippen LogP contribution >= 0.6 is 0 Å². The van der Waals surface area contributed by atoms with Crippen molar-refractivity contribution in [2.45, 2.75) is 38.5 Å². The van der Waals surface area contributed by atoms with Gasteiger partial charge in [-0.3, -0.25) is 0 Å². The topological polar surface area (TPSA) is 21.6 Å². The highest BCUT2D eigenvalue weighted by Crippen LogP contribution is 2.31. The zero-order valence-corrected chi connectivity index (χ0v) is 10.9. The molecule has 1 aromatic carbocycles. The number of terminal acetylenes is 1. The molecule has 0 radical (unpaired) electrons. The van der Waals surface area contributed by atoms with E-state index in [1.807, 2.05) is 0 Å². The number of oxime groups is 1. The van der Waals surface area contributed by atoms with Crippen molar-refractivity contribution in [3.63, 3.8) is 0 Å². The van der Waals surface area contributed by atoms with Crippen LogP contribution < -0.4 is 0 Å². The van der Waals surface area contributed by atoms with Crippen LogP contribution in [0.2, 0.25) is 0 Å². The molecule has 94 valence electrons. The summed E-state index contributed by atoms with van der Waals surface area (Å²) in [5.41, 5.74) is 3.85. The third-order valence-electron chi connectivity index (χ3n) is 3.39. The second kappa shape index (κ2) is 6.26. The smallest absolute Gasteiger partial charge is 0.177 e. The van der Waals surface area contributed by atoms with Crippen LogP contribution in [-0.2, 0) is 4.84 Å². The van der Waals surface area contributed by atoms with E-state index in [-0.39, 0.29) is 6.61 Å². The molecule has 18 heavy (non-hydrogen) atoms. The maximum atomic E-state index is 5.13. The van der Waals surface area contributed by atoms with Gasteiger partial charge in [0.2, 0.25) is 0 Å². The predicted octanol–water partition coefficient (Wildman–Crippen LogP) is 3.66. The highest BCUT2D eigenvalue weighted by molar-refractivity contribution is 5.85. The maximum Gasteiger partial charge on any atom is 0.177 e. The molecule has 0 aromatic heterocycles. The Morgan fingerprint density at radius 1 is 1.39 bits per heavy atom. The average Bonchev–Trinajstić information content (AvgIpc) is 2.40. The Labute approximate surface area is 109 Å². The van der Waals surface area contributed by atoms with Gasteiger partial charge in [-0.2, -0.15) is 0 Å².